The average Bonchev–Trinajstić information content (AvgIpc) is 2.54. The number of carbonyl (C=O) groups is 1. The number of nitrogens with two attached hydrogens (primary N) is 2. The lowest BCUT2D eigenvalue weighted by Crippen LogP contribution is -2.18. The first-order valence-corrected chi connectivity index (χ1v) is 5.23. The number of hydrogen-bond donors (Lipinski definition) is 2. The molecule has 1 aromatic heterocycles. The minimum absolute atomic E-state index is 0.401. The fourth-order valence-corrected chi connectivity index (χ4v) is 2.18. The zero-order valence-electron chi connectivity index (χ0n) is 9.23. The number of carbonyl (C=O) groups excluding carboxylic acids is 1. The molecule has 0 aliphatic carbocycles. The SMILES string of the molecule is Cn1c(C(N)=O)c(CCN)c2ccccc21. The van der Waals surface area contributed by atoms with Crippen LogP contribution in [0, 0.1) is 0 Å². The van der Waals surface area contributed by atoms with Crippen molar-refractivity contribution in [1.82, 2.24) is 4.57 Å². The average molecular weight is 217 g/mol. The number of hydrogen-bond acceptors (Lipinski definition) is 2. The van der Waals surface area contributed by atoms with Gasteiger partial charge in [0.15, 0.2) is 0 Å². The third-order valence-corrected chi connectivity index (χ3v) is 2.84. The smallest absolute Gasteiger partial charge is 0.265 e. The van der Waals surface area contributed by atoms with Crippen molar-refractivity contribution >= 4 is 16.8 Å². The van der Waals surface area contributed by atoms with Gasteiger partial charge in [0.05, 0.1) is 0 Å². The predicted molar refractivity (Wildman–Crippen MR) is 64.2 cm³/mol. The van der Waals surface area contributed by atoms with E-state index in [0.717, 1.165) is 16.5 Å². The van der Waals surface area contributed by atoms with Gasteiger partial charge in [-0.2, -0.15) is 0 Å². The van der Waals surface area contributed by atoms with E-state index in [9.17, 15) is 4.79 Å². The van der Waals surface area contributed by atoms with Gasteiger partial charge >= 0.3 is 0 Å². The van der Waals surface area contributed by atoms with Gasteiger partial charge in [-0.05, 0) is 24.6 Å². The molecule has 0 bridgehead atoms. The summed E-state index contributed by atoms with van der Waals surface area (Å²) in [5.74, 6) is -0.401. The Morgan fingerprint density at radius 3 is 2.69 bits per heavy atom. The highest BCUT2D eigenvalue weighted by atomic mass is 16.1. The second-order valence-corrected chi connectivity index (χ2v) is 3.81. The maximum Gasteiger partial charge on any atom is 0.265 e. The van der Waals surface area contributed by atoms with Crippen LogP contribution >= 0.6 is 0 Å². The largest absolute Gasteiger partial charge is 0.364 e. The third kappa shape index (κ3) is 1.47. The summed E-state index contributed by atoms with van der Waals surface area (Å²) in [7, 11) is 1.85. The van der Waals surface area contributed by atoms with Gasteiger partial charge in [0.2, 0.25) is 0 Å². The van der Waals surface area contributed by atoms with Crippen LogP contribution in [0.1, 0.15) is 16.1 Å². The molecule has 0 aliphatic heterocycles. The standard InChI is InChI=1S/C12H15N3O/c1-15-10-5-3-2-4-8(10)9(6-7-13)11(15)12(14)16/h2-5H,6-7,13H2,1H3,(H2,14,16). The van der Waals surface area contributed by atoms with Crippen LogP contribution in [-0.2, 0) is 13.5 Å². The van der Waals surface area contributed by atoms with Crippen molar-refractivity contribution in [1.29, 1.82) is 0 Å². The van der Waals surface area contributed by atoms with E-state index in [4.69, 9.17) is 11.5 Å². The zero-order valence-corrected chi connectivity index (χ0v) is 9.23. The fraction of sp³-hybridized carbons (Fsp3) is 0.250. The lowest BCUT2D eigenvalue weighted by Gasteiger charge is -2.02. The molecule has 0 saturated carbocycles. The molecule has 2 rings (SSSR count). The molecule has 4 nitrogen and oxygen atoms in total. The van der Waals surface area contributed by atoms with Crippen molar-refractivity contribution in [3.63, 3.8) is 0 Å². The van der Waals surface area contributed by atoms with Crippen LogP contribution in [0.5, 0.6) is 0 Å². The quantitative estimate of drug-likeness (QED) is 0.797. The van der Waals surface area contributed by atoms with Crippen molar-refractivity contribution in [2.45, 2.75) is 6.42 Å². The number of aromatic nitrogens is 1. The number of nitrogens with zero attached hydrogens (tertiary/aromatic N) is 1. The summed E-state index contributed by atoms with van der Waals surface area (Å²) < 4.78 is 1.84. The number of benzene rings is 1. The summed E-state index contributed by atoms with van der Waals surface area (Å²) in [4.78, 5) is 11.4. The molecular weight excluding hydrogens is 202 g/mol. The molecule has 0 atom stereocenters. The third-order valence-electron chi connectivity index (χ3n) is 2.84. The van der Waals surface area contributed by atoms with Gasteiger partial charge < -0.3 is 16.0 Å². The van der Waals surface area contributed by atoms with E-state index >= 15 is 0 Å². The van der Waals surface area contributed by atoms with Crippen molar-refractivity contribution in [3.8, 4) is 0 Å². The normalized spacial score (nSPS) is 10.9. The molecule has 1 heterocycles. The van der Waals surface area contributed by atoms with E-state index < -0.39 is 5.91 Å². The number of para-hydroxylation sites is 1. The Hall–Kier alpha value is -1.81. The number of fused-ring (bicyclic) bond motifs is 1. The molecule has 0 radical (unpaired) electrons. The summed E-state index contributed by atoms with van der Waals surface area (Å²) in [5, 5.41) is 1.06. The van der Waals surface area contributed by atoms with Gasteiger partial charge in [-0.15, -0.1) is 0 Å². The van der Waals surface area contributed by atoms with Crippen LogP contribution in [0.2, 0.25) is 0 Å². The van der Waals surface area contributed by atoms with Crippen molar-refractivity contribution in [2.75, 3.05) is 6.54 Å². The molecule has 84 valence electrons. The number of primary amides is 1. The molecule has 0 aliphatic rings. The molecule has 0 unspecified atom stereocenters. The monoisotopic (exact) mass is 217 g/mol. The minimum atomic E-state index is -0.401. The van der Waals surface area contributed by atoms with Crippen LogP contribution in [0.3, 0.4) is 0 Å². The molecule has 16 heavy (non-hydrogen) atoms. The number of aryl methyl sites for hydroxylation is 1. The van der Waals surface area contributed by atoms with E-state index in [1.165, 1.54) is 0 Å². The van der Waals surface area contributed by atoms with Crippen LogP contribution in [0.15, 0.2) is 24.3 Å². The Balaban J connectivity index is 2.80. The fourth-order valence-electron chi connectivity index (χ4n) is 2.18. The van der Waals surface area contributed by atoms with Gasteiger partial charge in [-0.1, -0.05) is 18.2 Å². The highest BCUT2D eigenvalue weighted by Crippen LogP contribution is 2.25. The first-order valence-electron chi connectivity index (χ1n) is 5.23. The lowest BCUT2D eigenvalue weighted by molar-refractivity contribution is 0.0992. The molecule has 0 fully saturated rings. The van der Waals surface area contributed by atoms with Crippen LogP contribution in [0.4, 0.5) is 0 Å². The Morgan fingerprint density at radius 1 is 1.38 bits per heavy atom. The van der Waals surface area contributed by atoms with E-state index in [1.54, 1.807) is 0 Å². The molecule has 0 saturated heterocycles. The Labute approximate surface area is 93.8 Å². The van der Waals surface area contributed by atoms with E-state index in [0.29, 0.717) is 18.7 Å². The lowest BCUT2D eigenvalue weighted by atomic mass is 10.1. The maximum absolute atomic E-state index is 11.4. The van der Waals surface area contributed by atoms with Gasteiger partial charge in [-0.3, -0.25) is 4.79 Å². The minimum Gasteiger partial charge on any atom is -0.364 e. The maximum atomic E-state index is 11.4. The molecule has 0 spiro atoms. The van der Waals surface area contributed by atoms with E-state index in [-0.39, 0.29) is 0 Å². The molecule has 1 amide bonds. The summed E-state index contributed by atoms with van der Waals surface area (Å²) >= 11 is 0. The van der Waals surface area contributed by atoms with Gasteiger partial charge in [0, 0.05) is 18.0 Å². The Bertz CT molecular complexity index is 542. The molecule has 2 aromatic rings. The zero-order chi connectivity index (χ0) is 11.7. The Kier molecular flexibility index (Phi) is 2.66. The second-order valence-electron chi connectivity index (χ2n) is 3.81. The predicted octanol–water partition coefficient (Wildman–Crippen LogP) is 0.778. The molecule has 1 aromatic carbocycles. The van der Waals surface area contributed by atoms with Crippen LogP contribution < -0.4 is 11.5 Å². The van der Waals surface area contributed by atoms with E-state index in [2.05, 4.69) is 0 Å². The van der Waals surface area contributed by atoms with Crippen molar-refractivity contribution in [2.24, 2.45) is 18.5 Å². The molecule has 4 heteroatoms. The highest BCUT2D eigenvalue weighted by Gasteiger charge is 2.17. The molecule has 4 N–H and O–H groups in total. The Morgan fingerprint density at radius 2 is 2.06 bits per heavy atom. The van der Waals surface area contributed by atoms with Gasteiger partial charge in [-0.25, -0.2) is 0 Å². The number of rotatable bonds is 3. The van der Waals surface area contributed by atoms with Gasteiger partial charge in [0.1, 0.15) is 5.69 Å². The van der Waals surface area contributed by atoms with Crippen LogP contribution in [-0.4, -0.2) is 17.0 Å². The number of amides is 1. The topological polar surface area (TPSA) is 74.0 Å². The van der Waals surface area contributed by atoms with Crippen molar-refractivity contribution < 1.29 is 4.79 Å². The first kappa shape index (κ1) is 10.7. The summed E-state index contributed by atoms with van der Waals surface area (Å²) in [6.07, 6.45) is 0.666. The summed E-state index contributed by atoms with van der Waals surface area (Å²) in [6.45, 7) is 0.508. The van der Waals surface area contributed by atoms with Gasteiger partial charge in [0.25, 0.3) is 5.91 Å². The van der Waals surface area contributed by atoms with Crippen LogP contribution in [0.25, 0.3) is 10.9 Å². The molecular formula is C12H15N3O. The highest BCUT2D eigenvalue weighted by molar-refractivity contribution is 6.00. The van der Waals surface area contributed by atoms with E-state index in [1.807, 2.05) is 35.9 Å². The van der Waals surface area contributed by atoms with Crippen molar-refractivity contribution in [3.05, 3.63) is 35.5 Å². The summed E-state index contributed by atoms with van der Waals surface area (Å²) in [5.41, 5.74) is 13.5. The summed E-state index contributed by atoms with van der Waals surface area (Å²) in [6, 6.07) is 7.86. The second kappa shape index (κ2) is 3.98. The first-order chi connectivity index (χ1) is 7.66.